The van der Waals surface area contributed by atoms with Crippen LogP contribution in [0.3, 0.4) is 0 Å². The highest BCUT2D eigenvalue weighted by Crippen LogP contribution is 2.17. The van der Waals surface area contributed by atoms with E-state index < -0.39 is 0 Å². The fraction of sp³-hybridized carbons (Fsp3) is 0.150. The summed E-state index contributed by atoms with van der Waals surface area (Å²) in [5.74, 6) is 0.00950. The molecule has 3 rings (SSSR count). The van der Waals surface area contributed by atoms with Crippen LogP contribution in [-0.2, 0) is 6.54 Å². The van der Waals surface area contributed by atoms with Crippen molar-refractivity contribution in [3.8, 4) is 0 Å². The normalized spacial score (nSPS) is 10.4. The van der Waals surface area contributed by atoms with Gasteiger partial charge in [0.15, 0.2) is 0 Å². The van der Waals surface area contributed by atoms with E-state index in [0.29, 0.717) is 16.9 Å². The summed E-state index contributed by atoms with van der Waals surface area (Å²) in [4.78, 5) is 28.7. The molecule has 0 bridgehead atoms. The first kappa shape index (κ1) is 17.4. The van der Waals surface area contributed by atoms with Gasteiger partial charge >= 0.3 is 0 Å². The molecule has 2 N–H and O–H groups in total. The van der Waals surface area contributed by atoms with Crippen molar-refractivity contribution >= 4 is 17.5 Å². The van der Waals surface area contributed by atoms with Gasteiger partial charge in [-0.05, 0) is 43.7 Å². The molecule has 2 aromatic heterocycles. The van der Waals surface area contributed by atoms with E-state index in [4.69, 9.17) is 4.42 Å². The Kier molecular flexibility index (Phi) is 5.12. The van der Waals surface area contributed by atoms with Crippen LogP contribution < -0.4 is 10.6 Å². The molecule has 6 heteroatoms. The molecular formula is C20H19N3O3. The van der Waals surface area contributed by atoms with Gasteiger partial charge in [-0.1, -0.05) is 17.7 Å². The number of hydrogen-bond donors (Lipinski definition) is 2. The van der Waals surface area contributed by atoms with Gasteiger partial charge in [-0.2, -0.15) is 0 Å². The minimum atomic E-state index is -0.324. The highest BCUT2D eigenvalue weighted by Gasteiger charge is 2.13. The highest BCUT2D eigenvalue weighted by molar-refractivity contribution is 6.06. The molecule has 132 valence electrons. The number of nitrogens with zero attached hydrogens (tertiary/aromatic N) is 1. The summed E-state index contributed by atoms with van der Waals surface area (Å²) in [5.41, 5.74) is 3.45. The summed E-state index contributed by atoms with van der Waals surface area (Å²) in [6.45, 7) is 4.19. The Hall–Kier alpha value is -3.41. The number of hydrogen-bond acceptors (Lipinski definition) is 4. The number of benzene rings is 1. The molecule has 0 aliphatic heterocycles. The maximum Gasteiger partial charge on any atom is 0.257 e. The number of aryl methyl sites for hydroxylation is 2. The summed E-state index contributed by atoms with van der Waals surface area (Å²) >= 11 is 0. The Morgan fingerprint density at radius 2 is 1.81 bits per heavy atom. The number of carbonyl (C=O) groups is 2. The highest BCUT2D eigenvalue weighted by atomic mass is 16.3. The predicted octanol–water partition coefficient (Wildman–Crippen LogP) is 3.47. The van der Waals surface area contributed by atoms with Gasteiger partial charge in [-0.3, -0.25) is 14.6 Å². The molecular weight excluding hydrogens is 330 g/mol. The number of nitrogens with one attached hydrogen (secondary N) is 2. The van der Waals surface area contributed by atoms with E-state index in [-0.39, 0.29) is 18.4 Å². The van der Waals surface area contributed by atoms with Crippen molar-refractivity contribution in [2.45, 2.75) is 20.4 Å². The third-order valence-corrected chi connectivity index (χ3v) is 3.90. The lowest BCUT2D eigenvalue weighted by Gasteiger charge is -2.10. The van der Waals surface area contributed by atoms with Crippen molar-refractivity contribution in [2.24, 2.45) is 0 Å². The quantitative estimate of drug-likeness (QED) is 0.739. The molecule has 0 aliphatic carbocycles. The maximum absolute atomic E-state index is 12.5. The minimum absolute atomic E-state index is 0.269. The minimum Gasteiger partial charge on any atom is -0.467 e. The molecule has 0 saturated heterocycles. The Bertz CT molecular complexity index is 933. The van der Waals surface area contributed by atoms with Crippen LogP contribution in [0.4, 0.5) is 5.69 Å². The van der Waals surface area contributed by atoms with Crippen LogP contribution in [0.1, 0.15) is 37.6 Å². The third-order valence-electron chi connectivity index (χ3n) is 3.90. The molecule has 6 nitrogen and oxygen atoms in total. The van der Waals surface area contributed by atoms with Crippen molar-refractivity contribution < 1.29 is 14.0 Å². The van der Waals surface area contributed by atoms with Crippen LogP contribution in [0, 0.1) is 13.8 Å². The van der Waals surface area contributed by atoms with E-state index >= 15 is 0 Å². The van der Waals surface area contributed by atoms with Crippen LogP contribution in [0.2, 0.25) is 0 Å². The van der Waals surface area contributed by atoms with Gasteiger partial charge < -0.3 is 15.1 Å². The summed E-state index contributed by atoms with van der Waals surface area (Å²) < 4.78 is 5.17. The lowest BCUT2D eigenvalue weighted by atomic mass is 10.1. The van der Waals surface area contributed by atoms with Crippen LogP contribution in [0.5, 0.6) is 0 Å². The summed E-state index contributed by atoms with van der Waals surface area (Å²) in [6.07, 6.45) is 4.40. The van der Waals surface area contributed by atoms with Crippen molar-refractivity contribution in [2.75, 3.05) is 5.32 Å². The van der Waals surface area contributed by atoms with Crippen LogP contribution >= 0.6 is 0 Å². The largest absolute Gasteiger partial charge is 0.467 e. The third kappa shape index (κ3) is 4.16. The Morgan fingerprint density at radius 1 is 1.04 bits per heavy atom. The average molecular weight is 349 g/mol. The molecule has 0 unspecified atom stereocenters. The summed E-state index contributed by atoms with van der Waals surface area (Å²) in [5, 5.41) is 5.58. The second-order valence-electron chi connectivity index (χ2n) is 6.00. The molecule has 0 aliphatic rings. The van der Waals surface area contributed by atoms with Crippen molar-refractivity contribution in [1.29, 1.82) is 0 Å². The molecule has 0 atom stereocenters. The fourth-order valence-corrected chi connectivity index (χ4v) is 2.52. The van der Waals surface area contributed by atoms with E-state index in [1.807, 2.05) is 32.0 Å². The predicted molar refractivity (Wildman–Crippen MR) is 98.0 cm³/mol. The average Bonchev–Trinajstić information content (AvgIpc) is 3.15. The Labute approximate surface area is 151 Å². The molecule has 0 radical (unpaired) electrons. The Morgan fingerprint density at radius 3 is 2.50 bits per heavy atom. The molecule has 0 spiro atoms. The van der Waals surface area contributed by atoms with Crippen LogP contribution in [-0.4, -0.2) is 16.8 Å². The standard InChI is InChI=1S/C20H19N3O3/c1-13-5-6-18(14(2)8-13)23-20(25)16-9-15(10-21-11-16)19(24)22-12-17-4-3-7-26-17/h3-11H,12H2,1-2H3,(H,22,24)(H,23,25). The monoisotopic (exact) mass is 349 g/mol. The zero-order valence-corrected chi connectivity index (χ0v) is 14.6. The molecule has 0 fully saturated rings. The van der Waals surface area contributed by atoms with Gasteiger partial charge in [0.05, 0.1) is 23.9 Å². The van der Waals surface area contributed by atoms with Crippen molar-refractivity contribution in [3.05, 3.63) is 83.1 Å². The van der Waals surface area contributed by atoms with E-state index in [2.05, 4.69) is 15.6 Å². The number of aromatic nitrogens is 1. The molecule has 3 aromatic rings. The second kappa shape index (κ2) is 7.65. The number of carbonyl (C=O) groups excluding carboxylic acids is 2. The lowest BCUT2D eigenvalue weighted by molar-refractivity contribution is 0.0947. The molecule has 2 amide bonds. The zero-order valence-electron chi connectivity index (χ0n) is 14.6. The van der Waals surface area contributed by atoms with Gasteiger partial charge in [0.2, 0.25) is 0 Å². The molecule has 0 saturated carbocycles. The van der Waals surface area contributed by atoms with Crippen LogP contribution in [0.15, 0.2) is 59.5 Å². The van der Waals surface area contributed by atoms with Crippen molar-refractivity contribution in [1.82, 2.24) is 10.3 Å². The first-order valence-electron chi connectivity index (χ1n) is 8.17. The Balaban J connectivity index is 1.69. The topological polar surface area (TPSA) is 84.2 Å². The molecule has 2 heterocycles. The van der Waals surface area contributed by atoms with Gasteiger partial charge in [0.25, 0.3) is 11.8 Å². The fourth-order valence-electron chi connectivity index (χ4n) is 2.52. The first-order valence-corrected chi connectivity index (χ1v) is 8.17. The lowest BCUT2D eigenvalue weighted by Crippen LogP contribution is -2.23. The van der Waals surface area contributed by atoms with Crippen molar-refractivity contribution in [3.63, 3.8) is 0 Å². The number of pyridine rings is 1. The maximum atomic E-state index is 12.5. The van der Waals surface area contributed by atoms with Gasteiger partial charge in [0.1, 0.15) is 5.76 Å². The van der Waals surface area contributed by atoms with E-state index in [1.54, 1.807) is 18.4 Å². The van der Waals surface area contributed by atoms with Gasteiger partial charge in [-0.15, -0.1) is 0 Å². The molecule has 26 heavy (non-hydrogen) atoms. The van der Waals surface area contributed by atoms with Crippen LogP contribution in [0.25, 0.3) is 0 Å². The number of anilines is 1. The number of furan rings is 1. The summed E-state index contributed by atoms with van der Waals surface area (Å²) in [7, 11) is 0. The molecule has 1 aromatic carbocycles. The second-order valence-corrected chi connectivity index (χ2v) is 6.00. The van der Waals surface area contributed by atoms with Gasteiger partial charge in [0, 0.05) is 18.1 Å². The zero-order chi connectivity index (χ0) is 18.5. The number of rotatable bonds is 5. The smallest absolute Gasteiger partial charge is 0.257 e. The summed E-state index contributed by atoms with van der Waals surface area (Å²) in [6, 6.07) is 10.8. The van der Waals surface area contributed by atoms with E-state index in [1.165, 1.54) is 18.5 Å². The van der Waals surface area contributed by atoms with E-state index in [9.17, 15) is 9.59 Å². The van der Waals surface area contributed by atoms with Gasteiger partial charge in [-0.25, -0.2) is 0 Å². The number of amides is 2. The SMILES string of the molecule is Cc1ccc(NC(=O)c2cncc(C(=O)NCc3ccco3)c2)c(C)c1. The first-order chi connectivity index (χ1) is 12.5. The van der Waals surface area contributed by atoms with E-state index in [0.717, 1.165) is 16.8 Å².